The van der Waals surface area contributed by atoms with Gasteiger partial charge in [-0.05, 0) is 23.6 Å². The number of hydrogen-bond acceptors (Lipinski definition) is 3. The molecule has 114 valence electrons. The minimum Gasteiger partial charge on any atom is -0.480 e. The molecule has 21 heavy (non-hydrogen) atoms. The van der Waals surface area contributed by atoms with E-state index in [0.717, 1.165) is 0 Å². The van der Waals surface area contributed by atoms with Crippen LogP contribution in [-0.2, 0) is 9.59 Å². The molecule has 1 aromatic carbocycles. The number of rotatable bonds is 8. The number of carboxylic acids is 1. The third-order valence-corrected chi connectivity index (χ3v) is 2.97. The highest BCUT2D eigenvalue weighted by Gasteiger charge is 2.13. The molecule has 0 aliphatic rings. The number of benzene rings is 1. The van der Waals surface area contributed by atoms with Crippen molar-refractivity contribution in [3.05, 3.63) is 42.5 Å². The molecular weight excluding hydrogens is 268 g/mol. The summed E-state index contributed by atoms with van der Waals surface area (Å²) in [6, 6.07) is 7.64. The van der Waals surface area contributed by atoms with Crippen LogP contribution in [0.15, 0.2) is 36.9 Å². The van der Waals surface area contributed by atoms with Gasteiger partial charge < -0.3 is 10.4 Å². The smallest absolute Gasteiger partial charge is 0.317 e. The molecule has 1 rings (SSSR count). The van der Waals surface area contributed by atoms with Crippen LogP contribution in [0.25, 0.3) is 0 Å². The van der Waals surface area contributed by atoms with Crippen LogP contribution in [-0.4, -0.2) is 41.5 Å². The second-order valence-corrected chi connectivity index (χ2v) is 5.18. The summed E-state index contributed by atoms with van der Waals surface area (Å²) in [7, 11) is 0. The van der Waals surface area contributed by atoms with Crippen LogP contribution in [0.5, 0.6) is 0 Å². The first-order valence-electron chi connectivity index (χ1n) is 6.87. The Bertz CT molecular complexity index is 495. The van der Waals surface area contributed by atoms with E-state index in [9.17, 15) is 9.59 Å². The molecule has 0 radical (unpaired) electrons. The van der Waals surface area contributed by atoms with Crippen molar-refractivity contribution in [2.75, 3.05) is 25.0 Å². The van der Waals surface area contributed by atoms with Gasteiger partial charge in [0.1, 0.15) is 0 Å². The highest BCUT2D eigenvalue weighted by atomic mass is 16.4. The fraction of sp³-hybridized carbons (Fsp3) is 0.375. The van der Waals surface area contributed by atoms with Crippen LogP contribution in [0.1, 0.15) is 25.3 Å². The number of nitrogens with zero attached hydrogens (tertiary/aromatic N) is 1. The van der Waals surface area contributed by atoms with Crippen molar-refractivity contribution < 1.29 is 14.7 Å². The third-order valence-electron chi connectivity index (χ3n) is 2.97. The zero-order valence-corrected chi connectivity index (χ0v) is 12.5. The van der Waals surface area contributed by atoms with E-state index in [0.29, 0.717) is 18.2 Å². The maximum atomic E-state index is 11.9. The normalized spacial score (nSPS) is 10.7. The first kappa shape index (κ1) is 16.9. The Balaban J connectivity index is 2.58. The molecule has 1 amide bonds. The molecule has 0 spiro atoms. The van der Waals surface area contributed by atoms with E-state index in [2.05, 4.69) is 25.7 Å². The van der Waals surface area contributed by atoms with Crippen LogP contribution < -0.4 is 5.32 Å². The lowest BCUT2D eigenvalue weighted by molar-refractivity contribution is -0.138. The van der Waals surface area contributed by atoms with Gasteiger partial charge in [-0.15, -0.1) is 6.58 Å². The van der Waals surface area contributed by atoms with Gasteiger partial charge in [-0.2, -0.15) is 0 Å². The van der Waals surface area contributed by atoms with Crippen LogP contribution in [0.3, 0.4) is 0 Å². The van der Waals surface area contributed by atoms with Crippen LogP contribution in [0.2, 0.25) is 0 Å². The van der Waals surface area contributed by atoms with E-state index >= 15 is 0 Å². The molecule has 0 saturated carbocycles. The number of hydrogen-bond donors (Lipinski definition) is 2. The minimum absolute atomic E-state index is 0.0181. The van der Waals surface area contributed by atoms with Gasteiger partial charge in [0.2, 0.25) is 5.91 Å². The first-order valence-corrected chi connectivity index (χ1v) is 6.87. The Morgan fingerprint density at radius 1 is 1.29 bits per heavy atom. The number of carbonyl (C=O) groups excluding carboxylic acids is 1. The summed E-state index contributed by atoms with van der Waals surface area (Å²) >= 11 is 0. The van der Waals surface area contributed by atoms with Crippen molar-refractivity contribution in [2.24, 2.45) is 0 Å². The SMILES string of the molecule is C=CCN(CC(=O)O)CC(=O)Nc1ccc(C(C)C)cc1. The summed E-state index contributed by atoms with van der Waals surface area (Å²) in [6.45, 7) is 7.95. The highest BCUT2D eigenvalue weighted by Crippen LogP contribution is 2.17. The van der Waals surface area contributed by atoms with E-state index in [-0.39, 0.29) is 19.0 Å². The Morgan fingerprint density at radius 3 is 2.38 bits per heavy atom. The van der Waals surface area contributed by atoms with Crippen molar-refractivity contribution in [1.82, 2.24) is 4.90 Å². The van der Waals surface area contributed by atoms with Crippen LogP contribution in [0.4, 0.5) is 5.69 Å². The lowest BCUT2D eigenvalue weighted by Gasteiger charge is -2.17. The van der Waals surface area contributed by atoms with Crippen molar-refractivity contribution in [3.63, 3.8) is 0 Å². The zero-order chi connectivity index (χ0) is 15.8. The minimum atomic E-state index is -0.967. The molecular formula is C16H22N2O3. The third kappa shape index (κ3) is 6.23. The van der Waals surface area contributed by atoms with Gasteiger partial charge in [0, 0.05) is 12.2 Å². The first-order chi connectivity index (χ1) is 9.92. The lowest BCUT2D eigenvalue weighted by Crippen LogP contribution is -2.37. The number of nitrogens with one attached hydrogen (secondary N) is 1. The molecule has 0 unspecified atom stereocenters. The summed E-state index contributed by atoms with van der Waals surface area (Å²) in [5.41, 5.74) is 1.91. The number of amides is 1. The van der Waals surface area contributed by atoms with Crippen molar-refractivity contribution in [3.8, 4) is 0 Å². The zero-order valence-electron chi connectivity index (χ0n) is 12.5. The molecule has 0 atom stereocenters. The molecule has 0 aliphatic carbocycles. The van der Waals surface area contributed by atoms with Gasteiger partial charge in [0.25, 0.3) is 0 Å². The Morgan fingerprint density at radius 2 is 1.90 bits per heavy atom. The van der Waals surface area contributed by atoms with Crippen LogP contribution >= 0.6 is 0 Å². The van der Waals surface area contributed by atoms with Crippen molar-refractivity contribution >= 4 is 17.6 Å². The second kappa shape index (κ2) is 8.21. The summed E-state index contributed by atoms with van der Waals surface area (Å²) in [5, 5.41) is 11.6. The van der Waals surface area contributed by atoms with E-state index in [4.69, 9.17) is 5.11 Å². The Labute approximate surface area is 125 Å². The molecule has 0 aliphatic heterocycles. The van der Waals surface area contributed by atoms with Gasteiger partial charge in [-0.3, -0.25) is 14.5 Å². The highest BCUT2D eigenvalue weighted by molar-refractivity contribution is 5.92. The second-order valence-electron chi connectivity index (χ2n) is 5.18. The molecule has 0 bridgehead atoms. The van der Waals surface area contributed by atoms with E-state index in [1.54, 1.807) is 6.08 Å². The summed E-state index contributed by atoms with van der Waals surface area (Å²) < 4.78 is 0. The average molecular weight is 290 g/mol. The summed E-state index contributed by atoms with van der Waals surface area (Å²) in [5.74, 6) is -0.769. The monoisotopic (exact) mass is 290 g/mol. The van der Waals surface area contributed by atoms with E-state index in [1.807, 2.05) is 24.3 Å². The predicted molar refractivity (Wildman–Crippen MR) is 83.4 cm³/mol. The van der Waals surface area contributed by atoms with Gasteiger partial charge in [0.05, 0.1) is 13.1 Å². The number of carboxylic acid groups (broad SMARTS) is 1. The molecule has 5 nitrogen and oxygen atoms in total. The number of anilines is 1. The molecule has 0 heterocycles. The Hall–Kier alpha value is -2.14. The average Bonchev–Trinajstić information content (AvgIpc) is 2.38. The van der Waals surface area contributed by atoms with Gasteiger partial charge in [-0.1, -0.05) is 32.1 Å². The number of carbonyl (C=O) groups is 2. The standard InChI is InChI=1S/C16H22N2O3/c1-4-9-18(11-16(20)21)10-15(19)17-14-7-5-13(6-8-14)12(2)3/h4-8,12H,1,9-11H2,2-3H3,(H,17,19)(H,20,21). The molecule has 0 fully saturated rings. The summed E-state index contributed by atoms with van der Waals surface area (Å²) in [4.78, 5) is 24.1. The fourth-order valence-electron chi connectivity index (χ4n) is 1.91. The molecule has 0 aromatic heterocycles. The largest absolute Gasteiger partial charge is 0.480 e. The molecule has 2 N–H and O–H groups in total. The van der Waals surface area contributed by atoms with Gasteiger partial charge in [0.15, 0.2) is 0 Å². The quantitative estimate of drug-likeness (QED) is 0.721. The number of aliphatic carboxylic acids is 1. The fourth-order valence-corrected chi connectivity index (χ4v) is 1.91. The predicted octanol–water partition coefficient (Wildman–Crippen LogP) is 2.32. The van der Waals surface area contributed by atoms with E-state index < -0.39 is 5.97 Å². The van der Waals surface area contributed by atoms with Crippen molar-refractivity contribution in [2.45, 2.75) is 19.8 Å². The maximum Gasteiger partial charge on any atom is 0.317 e. The summed E-state index contributed by atoms with van der Waals surface area (Å²) in [6.07, 6.45) is 1.58. The Kier molecular flexibility index (Phi) is 6.62. The lowest BCUT2D eigenvalue weighted by atomic mass is 10.0. The molecule has 5 heteroatoms. The topological polar surface area (TPSA) is 69.6 Å². The maximum absolute atomic E-state index is 11.9. The molecule has 0 saturated heterocycles. The molecule has 1 aromatic rings. The van der Waals surface area contributed by atoms with Crippen molar-refractivity contribution in [1.29, 1.82) is 0 Å². The van der Waals surface area contributed by atoms with Gasteiger partial charge in [-0.25, -0.2) is 0 Å². The van der Waals surface area contributed by atoms with Crippen LogP contribution in [0, 0.1) is 0 Å². The van der Waals surface area contributed by atoms with Gasteiger partial charge >= 0.3 is 5.97 Å². The van der Waals surface area contributed by atoms with E-state index in [1.165, 1.54) is 10.5 Å².